The molecule has 0 fully saturated rings. The van der Waals surface area contributed by atoms with Crippen LogP contribution in [0.25, 0.3) is 21.8 Å². The van der Waals surface area contributed by atoms with Crippen LogP contribution in [0.2, 0.25) is 30.1 Å². The summed E-state index contributed by atoms with van der Waals surface area (Å²) >= 11 is 34.6. The average molecular weight is 915 g/mol. The number of halogens is 8. The number of rotatable bonds is 5. The highest BCUT2D eigenvalue weighted by Crippen LogP contribution is 2.38. The first-order chi connectivity index (χ1) is 28.2. The molecule has 0 radical (unpaired) electrons. The van der Waals surface area contributed by atoms with Crippen LogP contribution in [-0.4, -0.2) is 36.4 Å². The summed E-state index contributed by atoms with van der Waals surface area (Å²) < 4.78 is 26.7. The summed E-state index contributed by atoms with van der Waals surface area (Å²) in [4.78, 5) is 25.9. The van der Waals surface area contributed by atoms with Crippen molar-refractivity contribution in [3.63, 3.8) is 0 Å². The van der Waals surface area contributed by atoms with Crippen molar-refractivity contribution >= 4 is 109 Å². The summed E-state index contributed by atoms with van der Waals surface area (Å²) in [6.45, 7) is 0. The Labute approximate surface area is 365 Å². The lowest BCUT2D eigenvalue weighted by Crippen LogP contribution is -2.15. The van der Waals surface area contributed by atoms with Crippen molar-refractivity contribution in [1.82, 2.24) is 19.9 Å². The summed E-state index contributed by atoms with van der Waals surface area (Å²) in [5, 5.41) is 27.0. The van der Waals surface area contributed by atoms with Gasteiger partial charge in [0.2, 0.25) is 0 Å². The van der Waals surface area contributed by atoms with Gasteiger partial charge in [-0.05, 0) is 60.2 Å². The number of carbonyl (C=O) groups excluding carboxylic acids is 1. The SMILES string of the molecule is Nc1ncc(Cl)cc1F.O=Cc1ccc(Cl)c(Cl)c1.Oc1c(C(Nc2ncc(Cl)cc2F)c2ccc(Cl)c(Cl)c2)ccc2cccnc12.Oc1cccc2cccnc12. The van der Waals surface area contributed by atoms with Crippen molar-refractivity contribution < 1.29 is 23.8 Å². The lowest BCUT2D eigenvalue weighted by Gasteiger charge is -2.22. The van der Waals surface area contributed by atoms with Crippen LogP contribution in [0.5, 0.6) is 11.5 Å². The van der Waals surface area contributed by atoms with E-state index in [4.69, 9.17) is 75.3 Å². The number of hydrogen-bond donors (Lipinski definition) is 4. The number of para-hydroxylation sites is 1. The molecule has 0 amide bonds. The fraction of sp³-hybridized carbons (Fsp3) is 0.0238. The van der Waals surface area contributed by atoms with E-state index in [-0.39, 0.29) is 33.2 Å². The Balaban J connectivity index is 0.000000179. The molecule has 8 aromatic rings. The zero-order valence-corrected chi connectivity index (χ0v) is 34.5. The zero-order chi connectivity index (χ0) is 42.6. The molecule has 0 spiro atoms. The molecular formula is C42H28Cl6F2N6O3. The summed E-state index contributed by atoms with van der Waals surface area (Å²) in [6, 6.07) is 27.7. The second kappa shape index (κ2) is 20.9. The van der Waals surface area contributed by atoms with Crippen molar-refractivity contribution in [2.75, 3.05) is 11.1 Å². The third-order valence-corrected chi connectivity index (χ3v) is 9.87. The van der Waals surface area contributed by atoms with Crippen molar-refractivity contribution in [2.24, 2.45) is 0 Å². The Morgan fingerprint density at radius 2 is 1.22 bits per heavy atom. The number of aromatic nitrogens is 4. The largest absolute Gasteiger partial charge is 0.506 e. The Morgan fingerprint density at radius 3 is 1.81 bits per heavy atom. The molecule has 4 aromatic carbocycles. The van der Waals surface area contributed by atoms with Gasteiger partial charge >= 0.3 is 0 Å². The number of nitrogens with zero attached hydrogens (tertiary/aromatic N) is 4. The van der Waals surface area contributed by atoms with Crippen LogP contribution < -0.4 is 11.1 Å². The smallest absolute Gasteiger partial charge is 0.166 e. The minimum Gasteiger partial charge on any atom is -0.506 e. The van der Waals surface area contributed by atoms with Gasteiger partial charge in [0.05, 0.1) is 36.2 Å². The summed E-state index contributed by atoms with van der Waals surface area (Å²) in [7, 11) is 0. The fourth-order valence-corrected chi connectivity index (χ4v) is 6.07. The number of aromatic hydroxyl groups is 2. The summed E-state index contributed by atoms with van der Waals surface area (Å²) in [5.41, 5.74) is 7.81. The van der Waals surface area contributed by atoms with Crippen LogP contribution in [0.15, 0.2) is 128 Å². The van der Waals surface area contributed by atoms with E-state index in [1.54, 1.807) is 67.0 Å². The molecule has 0 saturated heterocycles. The van der Waals surface area contributed by atoms with Gasteiger partial charge in [0, 0.05) is 46.7 Å². The number of pyridine rings is 4. The molecule has 0 aliphatic heterocycles. The predicted molar refractivity (Wildman–Crippen MR) is 233 cm³/mol. The molecule has 8 rings (SSSR count). The van der Waals surface area contributed by atoms with E-state index in [0.29, 0.717) is 47.8 Å². The van der Waals surface area contributed by atoms with Crippen LogP contribution in [0, 0.1) is 11.6 Å². The highest BCUT2D eigenvalue weighted by atomic mass is 35.5. The minimum absolute atomic E-state index is 0.0222. The van der Waals surface area contributed by atoms with E-state index in [1.165, 1.54) is 18.5 Å². The molecule has 9 nitrogen and oxygen atoms in total. The molecule has 0 bridgehead atoms. The van der Waals surface area contributed by atoms with Crippen molar-refractivity contribution in [1.29, 1.82) is 0 Å². The highest BCUT2D eigenvalue weighted by molar-refractivity contribution is 6.42. The normalized spacial score (nSPS) is 10.9. The van der Waals surface area contributed by atoms with Crippen LogP contribution in [0.4, 0.5) is 20.4 Å². The van der Waals surface area contributed by atoms with Crippen LogP contribution in [0.3, 0.4) is 0 Å². The van der Waals surface area contributed by atoms with Gasteiger partial charge in [0.15, 0.2) is 23.3 Å². The standard InChI is InChI=1S/C21H13Cl3FN3O.C9H7NO.C7H4Cl2O.C5H4ClFN2/c22-13-9-17(25)21(27-10-13)28-18(12-4-6-15(23)16(24)8-12)14-5-3-11-2-1-7-26-19(11)20(14)29;11-8-5-1-3-7-4-2-6-10-9(7)8;8-6-2-1-5(4-10)3-7(6)9;6-3-1-4(7)5(8)9-2-3/h1-10,18,29H,(H,27,28);1-6,11H;1-4H;1-2H,(H2,8,9). The summed E-state index contributed by atoms with van der Waals surface area (Å²) in [5.74, 6) is -1.14. The molecule has 1 atom stereocenters. The third kappa shape index (κ3) is 12.0. The lowest BCUT2D eigenvalue weighted by atomic mass is 9.96. The van der Waals surface area contributed by atoms with Crippen molar-refractivity contribution in [3.05, 3.63) is 186 Å². The molecule has 5 N–H and O–H groups in total. The monoisotopic (exact) mass is 912 g/mol. The molecular weight excluding hydrogens is 887 g/mol. The first-order valence-electron chi connectivity index (χ1n) is 16.8. The number of anilines is 2. The number of fused-ring (bicyclic) bond motifs is 2. The predicted octanol–water partition coefficient (Wildman–Crippen LogP) is 12.8. The Morgan fingerprint density at radius 1 is 0.627 bits per heavy atom. The van der Waals surface area contributed by atoms with Gasteiger partial charge in [-0.15, -0.1) is 0 Å². The zero-order valence-electron chi connectivity index (χ0n) is 30.0. The molecule has 4 aromatic heterocycles. The van der Waals surface area contributed by atoms with Gasteiger partial charge in [0.25, 0.3) is 0 Å². The van der Waals surface area contributed by atoms with E-state index in [1.807, 2.05) is 30.3 Å². The van der Waals surface area contributed by atoms with E-state index >= 15 is 0 Å². The van der Waals surface area contributed by atoms with Gasteiger partial charge in [-0.25, -0.2) is 18.7 Å². The van der Waals surface area contributed by atoms with E-state index < -0.39 is 17.7 Å². The van der Waals surface area contributed by atoms with Crippen molar-refractivity contribution in [2.45, 2.75) is 6.04 Å². The number of hydrogen-bond acceptors (Lipinski definition) is 9. The topological polar surface area (TPSA) is 147 Å². The number of nitrogen functional groups attached to an aromatic ring is 1. The van der Waals surface area contributed by atoms with Gasteiger partial charge in [0.1, 0.15) is 28.8 Å². The lowest BCUT2D eigenvalue weighted by molar-refractivity contribution is 0.112. The average Bonchev–Trinajstić information content (AvgIpc) is 3.23. The minimum atomic E-state index is -0.681. The van der Waals surface area contributed by atoms with Gasteiger partial charge in [-0.2, -0.15) is 0 Å². The second-order valence-electron chi connectivity index (χ2n) is 12.0. The molecule has 0 saturated carbocycles. The Kier molecular flexibility index (Phi) is 15.8. The maximum atomic E-state index is 14.4. The molecule has 4 heterocycles. The third-order valence-electron chi connectivity index (χ3n) is 7.98. The molecule has 0 aliphatic rings. The van der Waals surface area contributed by atoms with Crippen LogP contribution in [0.1, 0.15) is 27.5 Å². The number of nitrogens with two attached hydrogens (primary N) is 1. The molecule has 0 aliphatic carbocycles. The number of nitrogens with one attached hydrogen (secondary N) is 1. The highest BCUT2D eigenvalue weighted by Gasteiger charge is 2.22. The second-order valence-corrected chi connectivity index (χ2v) is 14.5. The molecule has 59 heavy (non-hydrogen) atoms. The van der Waals surface area contributed by atoms with E-state index in [2.05, 4.69) is 25.3 Å². The van der Waals surface area contributed by atoms with E-state index in [0.717, 1.165) is 29.2 Å². The van der Waals surface area contributed by atoms with Gasteiger partial charge in [-0.3, -0.25) is 14.8 Å². The fourth-order valence-electron chi connectivity index (χ4n) is 5.17. The molecule has 1 unspecified atom stereocenters. The number of benzene rings is 4. The Bertz CT molecular complexity index is 2750. The van der Waals surface area contributed by atoms with E-state index in [9.17, 15) is 23.8 Å². The number of phenolic OH excluding ortho intramolecular Hbond substituents is 2. The quantitative estimate of drug-likeness (QED) is 0.124. The maximum Gasteiger partial charge on any atom is 0.166 e. The molecule has 17 heteroatoms. The Hall–Kier alpha value is -5.53. The number of aldehydes is 1. The maximum absolute atomic E-state index is 14.4. The van der Waals surface area contributed by atoms with Crippen molar-refractivity contribution in [3.8, 4) is 11.5 Å². The van der Waals surface area contributed by atoms with Gasteiger partial charge in [-0.1, -0.05) is 118 Å². The van der Waals surface area contributed by atoms with Crippen LogP contribution >= 0.6 is 69.6 Å². The first-order valence-corrected chi connectivity index (χ1v) is 19.1. The summed E-state index contributed by atoms with van der Waals surface area (Å²) in [6.07, 6.45) is 6.61. The van der Waals surface area contributed by atoms with Crippen LogP contribution in [-0.2, 0) is 0 Å². The number of carbonyl (C=O) groups is 1. The van der Waals surface area contributed by atoms with Gasteiger partial charge < -0.3 is 21.3 Å². The first kappa shape index (κ1) is 44.6. The number of phenols is 2. The molecule has 300 valence electrons.